The number of para-hydroxylation sites is 1. The van der Waals surface area contributed by atoms with E-state index >= 15 is 0 Å². The van der Waals surface area contributed by atoms with Crippen LogP contribution in [0.1, 0.15) is 25.8 Å². The first-order chi connectivity index (χ1) is 7.86. The average molecular weight is 217 g/mol. The van der Waals surface area contributed by atoms with Gasteiger partial charge in [-0.25, -0.2) is 0 Å². The highest BCUT2D eigenvalue weighted by atomic mass is 15.3. The number of nitrogens with one attached hydrogen (secondary N) is 1. The van der Waals surface area contributed by atoms with E-state index in [1.54, 1.807) is 0 Å². The molecule has 3 heteroatoms. The molecule has 1 atom stereocenters. The normalized spacial score (nSPS) is 13.1. The minimum atomic E-state index is 0.454. The lowest BCUT2D eigenvalue weighted by atomic mass is 10.1. The summed E-state index contributed by atoms with van der Waals surface area (Å²) in [6.07, 6.45) is 4.29. The summed E-state index contributed by atoms with van der Waals surface area (Å²) >= 11 is 0. The zero-order valence-electron chi connectivity index (χ0n) is 9.98. The fourth-order valence-corrected chi connectivity index (χ4v) is 2.16. The van der Waals surface area contributed by atoms with Gasteiger partial charge in [0.15, 0.2) is 0 Å². The Balaban J connectivity index is 2.36. The van der Waals surface area contributed by atoms with Crippen LogP contribution >= 0.6 is 0 Å². The van der Waals surface area contributed by atoms with Crippen LogP contribution in [0.2, 0.25) is 0 Å². The highest BCUT2D eigenvalue weighted by Crippen LogP contribution is 2.20. The van der Waals surface area contributed by atoms with E-state index in [0.717, 1.165) is 13.0 Å². The van der Waals surface area contributed by atoms with Gasteiger partial charge in [-0.15, -0.1) is 0 Å². The van der Waals surface area contributed by atoms with E-state index in [1.807, 2.05) is 13.2 Å². The highest BCUT2D eigenvalue weighted by Gasteiger charge is 2.12. The van der Waals surface area contributed by atoms with Crippen LogP contribution in [0.4, 0.5) is 0 Å². The number of fused-ring (bicyclic) bond motifs is 1. The predicted octanol–water partition coefficient (Wildman–Crippen LogP) is 2.60. The molecule has 2 aromatic rings. The van der Waals surface area contributed by atoms with Gasteiger partial charge in [-0.1, -0.05) is 31.5 Å². The second kappa shape index (κ2) is 5.12. The zero-order chi connectivity index (χ0) is 11.4. The summed E-state index contributed by atoms with van der Waals surface area (Å²) < 4.78 is 2.15. The zero-order valence-corrected chi connectivity index (χ0v) is 9.98. The van der Waals surface area contributed by atoms with Gasteiger partial charge in [0.05, 0.1) is 17.8 Å². The van der Waals surface area contributed by atoms with Gasteiger partial charge in [0, 0.05) is 11.9 Å². The van der Waals surface area contributed by atoms with Gasteiger partial charge < -0.3 is 5.32 Å². The first-order valence-electron chi connectivity index (χ1n) is 5.93. The summed E-state index contributed by atoms with van der Waals surface area (Å²) in [5.74, 6) is 0. The molecule has 1 aromatic heterocycles. The van der Waals surface area contributed by atoms with Crippen molar-refractivity contribution < 1.29 is 0 Å². The SMILES string of the molecule is CCCC(CNC)n1ncc2ccccc21. The van der Waals surface area contributed by atoms with E-state index in [1.165, 1.54) is 17.3 Å². The molecular weight excluding hydrogens is 198 g/mol. The second-order valence-electron chi connectivity index (χ2n) is 4.15. The first kappa shape index (κ1) is 11.1. The molecule has 1 N–H and O–H groups in total. The largest absolute Gasteiger partial charge is 0.318 e. The van der Waals surface area contributed by atoms with E-state index in [4.69, 9.17) is 0 Å². The summed E-state index contributed by atoms with van der Waals surface area (Å²) in [6.45, 7) is 3.19. The van der Waals surface area contributed by atoms with Gasteiger partial charge in [0.2, 0.25) is 0 Å². The van der Waals surface area contributed by atoms with Crippen LogP contribution < -0.4 is 5.32 Å². The number of hydrogen-bond acceptors (Lipinski definition) is 2. The standard InChI is InChI=1S/C13H19N3/c1-3-6-12(10-14-2)16-13-8-5-4-7-11(13)9-15-16/h4-5,7-9,12,14H,3,6,10H2,1-2H3. The van der Waals surface area contributed by atoms with Crippen LogP contribution in [0.3, 0.4) is 0 Å². The maximum absolute atomic E-state index is 4.51. The summed E-state index contributed by atoms with van der Waals surface area (Å²) in [6, 6.07) is 8.83. The maximum Gasteiger partial charge on any atom is 0.0686 e. The molecule has 0 saturated carbocycles. The average Bonchev–Trinajstić information content (AvgIpc) is 2.72. The molecule has 0 aliphatic rings. The van der Waals surface area contributed by atoms with E-state index in [2.05, 4.69) is 46.3 Å². The summed E-state index contributed by atoms with van der Waals surface area (Å²) in [5.41, 5.74) is 1.23. The van der Waals surface area contributed by atoms with E-state index in [-0.39, 0.29) is 0 Å². The summed E-state index contributed by atoms with van der Waals surface area (Å²) in [5, 5.41) is 8.98. The van der Waals surface area contributed by atoms with Crippen molar-refractivity contribution in [3.8, 4) is 0 Å². The molecule has 16 heavy (non-hydrogen) atoms. The molecule has 2 rings (SSSR count). The Labute approximate surface area is 96.5 Å². The van der Waals surface area contributed by atoms with Gasteiger partial charge in [0.25, 0.3) is 0 Å². The third-order valence-corrected chi connectivity index (χ3v) is 2.91. The number of benzene rings is 1. The Bertz CT molecular complexity index is 441. The topological polar surface area (TPSA) is 29.9 Å². The van der Waals surface area contributed by atoms with Crippen LogP contribution in [-0.4, -0.2) is 23.4 Å². The molecule has 0 aliphatic carbocycles. The Morgan fingerprint density at radius 2 is 2.19 bits per heavy atom. The minimum Gasteiger partial charge on any atom is -0.318 e. The molecule has 0 amide bonds. The highest BCUT2D eigenvalue weighted by molar-refractivity contribution is 5.78. The molecule has 0 radical (unpaired) electrons. The predicted molar refractivity (Wildman–Crippen MR) is 67.6 cm³/mol. The maximum atomic E-state index is 4.51. The third kappa shape index (κ3) is 2.09. The molecule has 1 heterocycles. The molecule has 1 unspecified atom stereocenters. The smallest absolute Gasteiger partial charge is 0.0686 e. The summed E-state index contributed by atoms with van der Waals surface area (Å²) in [4.78, 5) is 0. The van der Waals surface area contributed by atoms with Gasteiger partial charge in [-0.3, -0.25) is 4.68 Å². The number of aromatic nitrogens is 2. The number of hydrogen-bond donors (Lipinski definition) is 1. The van der Waals surface area contributed by atoms with Crippen molar-refractivity contribution in [2.24, 2.45) is 0 Å². The fraction of sp³-hybridized carbons (Fsp3) is 0.462. The lowest BCUT2D eigenvalue weighted by Gasteiger charge is -2.17. The van der Waals surface area contributed by atoms with Crippen LogP contribution in [0, 0.1) is 0 Å². The minimum absolute atomic E-state index is 0.454. The Morgan fingerprint density at radius 3 is 2.94 bits per heavy atom. The van der Waals surface area contributed by atoms with Crippen LogP contribution in [0.5, 0.6) is 0 Å². The van der Waals surface area contributed by atoms with Crippen molar-refractivity contribution in [1.82, 2.24) is 15.1 Å². The lowest BCUT2D eigenvalue weighted by molar-refractivity contribution is 0.418. The third-order valence-electron chi connectivity index (χ3n) is 2.91. The van der Waals surface area contributed by atoms with Crippen molar-refractivity contribution in [3.63, 3.8) is 0 Å². The monoisotopic (exact) mass is 217 g/mol. The molecule has 0 spiro atoms. The van der Waals surface area contributed by atoms with Crippen molar-refractivity contribution >= 4 is 10.9 Å². The summed E-state index contributed by atoms with van der Waals surface area (Å²) in [7, 11) is 1.99. The van der Waals surface area contributed by atoms with Crippen LogP contribution in [0.15, 0.2) is 30.5 Å². The first-order valence-corrected chi connectivity index (χ1v) is 5.93. The van der Waals surface area contributed by atoms with Gasteiger partial charge in [-0.05, 0) is 19.5 Å². The molecule has 0 saturated heterocycles. The van der Waals surface area contributed by atoms with Crippen molar-refractivity contribution in [1.29, 1.82) is 0 Å². The van der Waals surface area contributed by atoms with E-state index in [0.29, 0.717) is 6.04 Å². The second-order valence-corrected chi connectivity index (χ2v) is 4.15. The Morgan fingerprint density at radius 1 is 1.38 bits per heavy atom. The van der Waals surface area contributed by atoms with Crippen LogP contribution in [-0.2, 0) is 0 Å². The molecule has 0 aliphatic heterocycles. The number of likely N-dealkylation sites (N-methyl/N-ethyl adjacent to an activating group) is 1. The lowest BCUT2D eigenvalue weighted by Crippen LogP contribution is -2.23. The molecule has 86 valence electrons. The quantitative estimate of drug-likeness (QED) is 0.834. The molecule has 0 fully saturated rings. The van der Waals surface area contributed by atoms with Crippen molar-refractivity contribution in [3.05, 3.63) is 30.5 Å². The van der Waals surface area contributed by atoms with Crippen molar-refractivity contribution in [2.45, 2.75) is 25.8 Å². The molecular formula is C13H19N3. The number of rotatable bonds is 5. The fourth-order valence-electron chi connectivity index (χ4n) is 2.16. The molecule has 3 nitrogen and oxygen atoms in total. The number of nitrogens with zero attached hydrogens (tertiary/aromatic N) is 2. The Hall–Kier alpha value is -1.35. The Kier molecular flexibility index (Phi) is 3.57. The van der Waals surface area contributed by atoms with Crippen LogP contribution in [0.25, 0.3) is 10.9 Å². The van der Waals surface area contributed by atoms with Crippen molar-refractivity contribution in [2.75, 3.05) is 13.6 Å². The van der Waals surface area contributed by atoms with Gasteiger partial charge in [-0.2, -0.15) is 5.10 Å². The van der Waals surface area contributed by atoms with Gasteiger partial charge >= 0.3 is 0 Å². The molecule has 1 aromatic carbocycles. The van der Waals surface area contributed by atoms with E-state index < -0.39 is 0 Å². The van der Waals surface area contributed by atoms with Gasteiger partial charge in [0.1, 0.15) is 0 Å². The molecule has 0 bridgehead atoms. The van der Waals surface area contributed by atoms with E-state index in [9.17, 15) is 0 Å².